The molecule has 7 nitrogen and oxygen atoms in total. The Morgan fingerprint density at radius 2 is 1.74 bits per heavy atom. The molecule has 1 aliphatic rings. The van der Waals surface area contributed by atoms with Gasteiger partial charge in [-0.1, -0.05) is 24.8 Å². The van der Waals surface area contributed by atoms with Gasteiger partial charge in [-0.25, -0.2) is 21.6 Å². The fourth-order valence-electron chi connectivity index (χ4n) is 4.75. The number of alkyl halides is 3. The molecule has 0 aromatic heterocycles. The van der Waals surface area contributed by atoms with E-state index in [9.17, 15) is 35.9 Å². The highest BCUT2D eigenvalue weighted by Gasteiger charge is 2.41. The third-order valence-electron chi connectivity index (χ3n) is 6.76. The van der Waals surface area contributed by atoms with Crippen molar-refractivity contribution in [1.29, 1.82) is 0 Å². The van der Waals surface area contributed by atoms with E-state index in [2.05, 4.69) is 17.2 Å². The summed E-state index contributed by atoms with van der Waals surface area (Å²) in [6.07, 6.45) is -3.78. The minimum absolute atomic E-state index is 0.0178. The van der Waals surface area contributed by atoms with Gasteiger partial charge in [-0.15, -0.1) is 0 Å². The highest BCUT2D eigenvalue weighted by atomic mass is 32.2. The number of nitrogens with zero attached hydrogens (tertiary/aromatic N) is 1. The lowest BCUT2D eigenvalue weighted by atomic mass is 10.0. The van der Waals surface area contributed by atoms with Gasteiger partial charge in [-0.3, -0.25) is 4.79 Å². The smallest absolute Gasteiger partial charge is 0.394 e. The average Bonchev–Trinajstić information content (AvgIpc) is 3.24. The van der Waals surface area contributed by atoms with Gasteiger partial charge in [0.15, 0.2) is 21.5 Å². The van der Waals surface area contributed by atoms with Crippen LogP contribution in [0, 0.1) is 23.4 Å². The Bertz CT molecular complexity index is 1650. The number of halogens is 6. The zero-order valence-electron chi connectivity index (χ0n) is 22.0. The van der Waals surface area contributed by atoms with Crippen LogP contribution < -0.4 is 15.5 Å². The number of carbonyl (C=O) groups is 1. The molecule has 3 aromatic carbocycles. The van der Waals surface area contributed by atoms with Gasteiger partial charge >= 0.3 is 6.18 Å². The molecule has 3 N–H and O–H groups in total. The van der Waals surface area contributed by atoms with Gasteiger partial charge in [0.05, 0.1) is 46.2 Å². The second-order valence-corrected chi connectivity index (χ2v) is 11.7. The van der Waals surface area contributed by atoms with E-state index in [1.54, 1.807) is 0 Å². The molecule has 0 saturated carbocycles. The van der Waals surface area contributed by atoms with E-state index in [-0.39, 0.29) is 40.5 Å². The number of hydrogen-bond acceptors (Lipinski definition) is 6. The molecule has 4 rings (SSSR count). The molecule has 0 unspecified atom stereocenters. The number of aliphatic hydroxyl groups is 1. The quantitative estimate of drug-likeness (QED) is 0.292. The average molecular weight is 614 g/mol. The predicted molar refractivity (Wildman–Crippen MR) is 144 cm³/mol. The molecular formula is C28H25F6N3O4S. The molecule has 14 heteroatoms. The van der Waals surface area contributed by atoms with Crippen molar-refractivity contribution in [3.63, 3.8) is 0 Å². The number of amides is 1. The van der Waals surface area contributed by atoms with Crippen molar-refractivity contribution in [2.24, 2.45) is 5.92 Å². The Morgan fingerprint density at radius 1 is 1.05 bits per heavy atom. The zero-order valence-corrected chi connectivity index (χ0v) is 22.8. The number of rotatable bonds is 9. The normalized spacial score (nSPS) is 17.4. The fraction of sp³-hybridized carbons (Fsp3) is 0.250. The summed E-state index contributed by atoms with van der Waals surface area (Å²) < 4.78 is 108. The Morgan fingerprint density at radius 3 is 2.36 bits per heavy atom. The van der Waals surface area contributed by atoms with Gasteiger partial charge in [-0.05, 0) is 42.8 Å². The molecule has 1 fully saturated rings. The van der Waals surface area contributed by atoms with Crippen LogP contribution in [-0.2, 0) is 20.8 Å². The summed E-state index contributed by atoms with van der Waals surface area (Å²) >= 11 is 0. The highest BCUT2D eigenvalue weighted by Crippen LogP contribution is 2.38. The van der Waals surface area contributed by atoms with Crippen molar-refractivity contribution in [2.75, 3.05) is 29.6 Å². The molecule has 42 heavy (non-hydrogen) atoms. The molecule has 0 aliphatic carbocycles. The molecule has 3 aromatic rings. The molecule has 0 spiro atoms. The summed E-state index contributed by atoms with van der Waals surface area (Å²) in [4.78, 5) is 13.9. The fourth-order valence-corrected chi connectivity index (χ4v) is 5.65. The van der Waals surface area contributed by atoms with Crippen LogP contribution in [0.2, 0.25) is 0 Å². The largest absolute Gasteiger partial charge is 0.416 e. The third kappa shape index (κ3) is 6.23. The molecule has 1 heterocycles. The van der Waals surface area contributed by atoms with E-state index in [4.69, 9.17) is 0 Å². The zero-order chi connectivity index (χ0) is 31.0. The Kier molecular flexibility index (Phi) is 8.60. The van der Waals surface area contributed by atoms with Crippen molar-refractivity contribution >= 4 is 27.1 Å². The molecule has 0 bridgehead atoms. The van der Waals surface area contributed by atoms with Gasteiger partial charge in [0.1, 0.15) is 5.82 Å². The monoisotopic (exact) mass is 613 g/mol. The number of nitrogens with one attached hydrogen (secondary N) is 2. The highest BCUT2D eigenvalue weighted by molar-refractivity contribution is 7.90. The molecule has 2 atom stereocenters. The van der Waals surface area contributed by atoms with E-state index in [1.165, 1.54) is 24.3 Å². The lowest BCUT2D eigenvalue weighted by Gasteiger charge is -2.24. The lowest BCUT2D eigenvalue weighted by Crippen LogP contribution is -2.38. The summed E-state index contributed by atoms with van der Waals surface area (Å²) in [6.45, 7) is 2.89. The van der Waals surface area contributed by atoms with E-state index in [1.807, 2.05) is 0 Å². The molecule has 1 saturated heterocycles. The van der Waals surface area contributed by atoms with Crippen LogP contribution in [0.3, 0.4) is 0 Å². The van der Waals surface area contributed by atoms with Gasteiger partial charge in [0.25, 0.3) is 0 Å². The maximum Gasteiger partial charge on any atom is 0.416 e. The summed E-state index contributed by atoms with van der Waals surface area (Å²) in [5.41, 5.74) is -2.33. The van der Waals surface area contributed by atoms with Crippen molar-refractivity contribution in [2.45, 2.75) is 23.5 Å². The van der Waals surface area contributed by atoms with E-state index in [0.29, 0.717) is 12.1 Å². The van der Waals surface area contributed by atoms with E-state index < -0.39 is 69.2 Å². The van der Waals surface area contributed by atoms with Crippen LogP contribution in [-0.4, -0.2) is 44.9 Å². The Balaban J connectivity index is 1.51. The van der Waals surface area contributed by atoms with E-state index >= 15 is 8.78 Å². The molecule has 224 valence electrons. The van der Waals surface area contributed by atoms with E-state index in [0.717, 1.165) is 29.4 Å². The standard InChI is InChI=1S/C28H25F6N3O4S/c1-15(36-22-9-7-17(12-21(22)29)28(32,33)34)35-13-16-11-18(14-38)37(27(16)39)23-10-8-20(25(30)26(23)31)19-5-3-4-6-24(19)42(2,40)41/h3-10,12,16,18,35-36,38H,1,11,13-14H2,2H3/t16-,18-/m0/s1. The summed E-state index contributed by atoms with van der Waals surface area (Å²) in [6, 6.07) is 8.71. The first-order valence-electron chi connectivity index (χ1n) is 12.4. The third-order valence-corrected chi connectivity index (χ3v) is 7.92. The van der Waals surface area contributed by atoms with Crippen LogP contribution in [0.15, 0.2) is 71.9 Å². The van der Waals surface area contributed by atoms with Gasteiger partial charge in [0.2, 0.25) is 5.91 Å². The summed E-state index contributed by atoms with van der Waals surface area (Å²) in [5.74, 6) is -5.57. The second-order valence-electron chi connectivity index (χ2n) is 9.68. The van der Waals surface area contributed by atoms with Crippen LogP contribution in [0.1, 0.15) is 12.0 Å². The number of sulfone groups is 1. The van der Waals surface area contributed by atoms with Crippen LogP contribution >= 0.6 is 0 Å². The maximum atomic E-state index is 15.4. The first-order chi connectivity index (χ1) is 19.6. The van der Waals surface area contributed by atoms with Gasteiger partial charge in [-0.2, -0.15) is 13.2 Å². The molecular weight excluding hydrogens is 588 g/mol. The minimum Gasteiger partial charge on any atom is -0.394 e. The number of carbonyl (C=O) groups excluding carboxylic acids is 1. The SMILES string of the molecule is C=C(NC[C@@H]1C[C@@H](CO)N(c2ccc(-c3ccccc3S(C)(=O)=O)c(F)c2F)C1=O)Nc1ccc(C(F)(F)F)cc1F. The topological polar surface area (TPSA) is 98.7 Å². The Labute approximate surface area is 237 Å². The van der Waals surface area contributed by atoms with Gasteiger partial charge < -0.3 is 20.6 Å². The number of benzene rings is 3. The first-order valence-corrected chi connectivity index (χ1v) is 14.3. The summed E-state index contributed by atoms with van der Waals surface area (Å²) in [5, 5.41) is 15.1. The molecule has 1 aliphatic heterocycles. The van der Waals surface area contributed by atoms with Crippen molar-refractivity contribution in [1.82, 2.24) is 5.32 Å². The predicted octanol–water partition coefficient (Wildman–Crippen LogP) is 5.08. The van der Waals surface area contributed by atoms with Gasteiger partial charge in [0, 0.05) is 23.9 Å². The van der Waals surface area contributed by atoms with Crippen LogP contribution in [0.5, 0.6) is 0 Å². The van der Waals surface area contributed by atoms with Crippen molar-refractivity contribution in [3.8, 4) is 11.1 Å². The number of anilines is 2. The minimum atomic E-state index is -4.73. The second kappa shape index (κ2) is 11.7. The lowest BCUT2D eigenvalue weighted by molar-refractivity contribution is -0.137. The first kappa shape index (κ1) is 30.9. The van der Waals surface area contributed by atoms with Crippen LogP contribution in [0.4, 0.5) is 37.7 Å². The number of hydrogen-bond donors (Lipinski definition) is 3. The van der Waals surface area contributed by atoms with Crippen molar-refractivity contribution in [3.05, 3.63) is 90.0 Å². The molecule has 1 amide bonds. The van der Waals surface area contributed by atoms with Crippen LogP contribution in [0.25, 0.3) is 11.1 Å². The Hall–Kier alpha value is -4.04. The number of aliphatic hydroxyl groups excluding tert-OH is 1. The van der Waals surface area contributed by atoms with Crippen molar-refractivity contribution < 1.29 is 44.7 Å². The maximum absolute atomic E-state index is 15.4. The summed E-state index contributed by atoms with van der Waals surface area (Å²) in [7, 11) is -3.78. The molecule has 0 radical (unpaired) electrons.